The van der Waals surface area contributed by atoms with E-state index in [0.29, 0.717) is 0 Å². The first kappa shape index (κ1) is 21.3. The van der Waals surface area contributed by atoms with Crippen LogP contribution in [0.15, 0.2) is 48.5 Å². The molecule has 1 saturated heterocycles. The molecule has 5 heteroatoms. The normalized spacial score (nSPS) is 19.8. The van der Waals surface area contributed by atoms with E-state index in [2.05, 4.69) is 82.5 Å². The molecule has 0 aromatic heterocycles. The molecule has 0 radical (unpaired) electrons. The highest BCUT2D eigenvalue weighted by Crippen LogP contribution is 2.35. The number of nitrogens with one attached hydrogen (secondary N) is 1. The molecule has 1 aliphatic heterocycles. The molecule has 2 aromatic rings. The summed E-state index contributed by atoms with van der Waals surface area (Å²) in [5.41, 5.74) is 4.86. The summed E-state index contributed by atoms with van der Waals surface area (Å²) in [6.45, 7) is 3.66. The van der Waals surface area contributed by atoms with Gasteiger partial charge in [0.25, 0.3) is 0 Å². The molecule has 29 heavy (non-hydrogen) atoms. The maximum Gasteiger partial charge on any atom is 0.241 e. The average Bonchev–Trinajstić information content (AvgIpc) is 2.95. The first-order valence-electron chi connectivity index (χ1n) is 10.4. The van der Waals surface area contributed by atoms with Gasteiger partial charge in [-0.25, -0.2) is 0 Å². The molecule has 1 heterocycles. The van der Waals surface area contributed by atoms with Crippen molar-refractivity contribution in [2.45, 2.75) is 32.0 Å². The number of likely N-dealkylation sites (N-methyl/N-ethyl adjacent to an activating group) is 1. The lowest BCUT2D eigenvalue weighted by Gasteiger charge is -2.29. The van der Waals surface area contributed by atoms with E-state index >= 15 is 0 Å². The standard InChI is InChI=1S/C24H34N4O/c1-18-6-8-19(9-7-18)15-17-28-23(20-10-12-21(13-11-20)26(3)4)27(5)22(24(28)29)14-16-25-2/h6-13,22-23,25H,14-17H2,1-5H3. The van der Waals surface area contributed by atoms with Crippen LogP contribution < -0.4 is 10.2 Å². The van der Waals surface area contributed by atoms with E-state index < -0.39 is 0 Å². The molecule has 3 rings (SSSR count). The van der Waals surface area contributed by atoms with Crippen LogP contribution in [0, 0.1) is 6.92 Å². The average molecular weight is 395 g/mol. The molecule has 2 aromatic carbocycles. The maximum absolute atomic E-state index is 13.3. The maximum atomic E-state index is 13.3. The zero-order chi connectivity index (χ0) is 21.0. The molecule has 2 atom stereocenters. The Balaban J connectivity index is 1.83. The van der Waals surface area contributed by atoms with E-state index in [4.69, 9.17) is 0 Å². The summed E-state index contributed by atoms with van der Waals surface area (Å²) >= 11 is 0. The van der Waals surface area contributed by atoms with Gasteiger partial charge in [-0.3, -0.25) is 9.69 Å². The van der Waals surface area contributed by atoms with Gasteiger partial charge in [-0.15, -0.1) is 0 Å². The number of anilines is 1. The van der Waals surface area contributed by atoms with Gasteiger partial charge in [0.2, 0.25) is 5.91 Å². The molecule has 1 N–H and O–H groups in total. The SMILES string of the molecule is CNCCC1C(=O)N(CCc2ccc(C)cc2)C(c2ccc(N(C)C)cc2)N1C. The smallest absolute Gasteiger partial charge is 0.241 e. The van der Waals surface area contributed by atoms with Gasteiger partial charge in [0.15, 0.2) is 0 Å². The van der Waals surface area contributed by atoms with Gasteiger partial charge in [-0.05, 0) is 63.7 Å². The van der Waals surface area contributed by atoms with E-state index in [-0.39, 0.29) is 18.1 Å². The first-order chi connectivity index (χ1) is 13.9. The lowest BCUT2D eigenvalue weighted by molar-refractivity contribution is -0.130. The lowest BCUT2D eigenvalue weighted by atomic mass is 10.1. The summed E-state index contributed by atoms with van der Waals surface area (Å²) in [5, 5.41) is 3.19. The van der Waals surface area contributed by atoms with Gasteiger partial charge in [0, 0.05) is 26.3 Å². The second-order valence-corrected chi connectivity index (χ2v) is 8.20. The van der Waals surface area contributed by atoms with Crippen molar-refractivity contribution in [2.24, 2.45) is 0 Å². The van der Waals surface area contributed by atoms with Crippen molar-refractivity contribution in [3.63, 3.8) is 0 Å². The second kappa shape index (κ2) is 9.42. The van der Waals surface area contributed by atoms with Crippen LogP contribution in [0.3, 0.4) is 0 Å². The highest BCUT2D eigenvalue weighted by Gasteiger charge is 2.43. The number of nitrogens with zero attached hydrogens (tertiary/aromatic N) is 3. The molecule has 1 amide bonds. The molecular weight excluding hydrogens is 360 g/mol. The van der Waals surface area contributed by atoms with Gasteiger partial charge < -0.3 is 15.1 Å². The zero-order valence-electron chi connectivity index (χ0n) is 18.4. The fourth-order valence-electron chi connectivity index (χ4n) is 4.08. The first-order valence-corrected chi connectivity index (χ1v) is 10.4. The molecule has 0 saturated carbocycles. The fourth-order valence-corrected chi connectivity index (χ4v) is 4.08. The minimum absolute atomic E-state index is 0.0222. The van der Waals surface area contributed by atoms with Crippen LogP contribution in [-0.2, 0) is 11.2 Å². The third-order valence-electron chi connectivity index (χ3n) is 5.88. The number of carbonyl (C=O) groups excluding carboxylic acids is 1. The third-order valence-corrected chi connectivity index (χ3v) is 5.88. The van der Waals surface area contributed by atoms with E-state index in [1.54, 1.807) is 0 Å². The number of carbonyl (C=O) groups is 1. The van der Waals surface area contributed by atoms with Crippen molar-refractivity contribution in [1.29, 1.82) is 0 Å². The Hall–Kier alpha value is -2.37. The molecule has 0 aliphatic carbocycles. The van der Waals surface area contributed by atoms with E-state index in [9.17, 15) is 4.79 Å². The lowest BCUT2D eigenvalue weighted by Crippen LogP contribution is -2.34. The molecule has 2 unspecified atom stereocenters. The number of hydrogen-bond acceptors (Lipinski definition) is 4. The van der Waals surface area contributed by atoms with Gasteiger partial charge >= 0.3 is 0 Å². The van der Waals surface area contributed by atoms with Crippen LogP contribution in [-0.4, -0.2) is 63.0 Å². The number of benzene rings is 2. The predicted octanol–water partition coefficient (Wildman–Crippen LogP) is 3.05. The van der Waals surface area contributed by atoms with E-state index in [0.717, 1.165) is 25.9 Å². The van der Waals surface area contributed by atoms with Crippen LogP contribution in [0.25, 0.3) is 0 Å². The van der Waals surface area contributed by atoms with E-state index in [1.165, 1.54) is 22.4 Å². The largest absolute Gasteiger partial charge is 0.378 e. The topological polar surface area (TPSA) is 38.8 Å². The van der Waals surface area contributed by atoms with Gasteiger partial charge in [0.05, 0.1) is 6.04 Å². The van der Waals surface area contributed by atoms with Crippen molar-refractivity contribution in [2.75, 3.05) is 46.2 Å². The number of rotatable bonds is 8. The van der Waals surface area contributed by atoms with Crippen LogP contribution in [0.1, 0.15) is 29.3 Å². The Morgan fingerprint density at radius 1 is 1.03 bits per heavy atom. The van der Waals surface area contributed by atoms with Crippen molar-refractivity contribution in [3.8, 4) is 0 Å². The summed E-state index contributed by atoms with van der Waals surface area (Å²) in [4.78, 5) is 19.7. The van der Waals surface area contributed by atoms with Crippen LogP contribution >= 0.6 is 0 Å². The van der Waals surface area contributed by atoms with E-state index in [1.807, 2.05) is 21.1 Å². The minimum atomic E-state index is -0.0843. The number of amides is 1. The van der Waals surface area contributed by atoms with Gasteiger partial charge in [-0.1, -0.05) is 42.0 Å². The number of hydrogen-bond donors (Lipinski definition) is 1. The zero-order valence-corrected chi connectivity index (χ0v) is 18.4. The summed E-state index contributed by atoms with van der Waals surface area (Å²) < 4.78 is 0. The summed E-state index contributed by atoms with van der Waals surface area (Å²) in [5.74, 6) is 0.233. The highest BCUT2D eigenvalue weighted by atomic mass is 16.2. The molecule has 0 spiro atoms. The van der Waals surface area contributed by atoms with Crippen LogP contribution in [0.2, 0.25) is 0 Å². The molecule has 1 fully saturated rings. The summed E-state index contributed by atoms with van der Waals surface area (Å²) in [6, 6.07) is 17.1. The second-order valence-electron chi connectivity index (χ2n) is 8.20. The van der Waals surface area contributed by atoms with Crippen molar-refractivity contribution in [3.05, 3.63) is 65.2 Å². The Morgan fingerprint density at radius 3 is 2.28 bits per heavy atom. The Kier molecular flexibility index (Phi) is 6.93. The molecule has 0 bridgehead atoms. The quantitative estimate of drug-likeness (QED) is 0.747. The molecular formula is C24H34N4O. The Labute approximate surface area is 175 Å². The van der Waals surface area contributed by atoms with Crippen molar-refractivity contribution >= 4 is 11.6 Å². The highest BCUT2D eigenvalue weighted by molar-refractivity contribution is 5.84. The van der Waals surface area contributed by atoms with Gasteiger partial charge in [0.1, 0.15) is 6.17 Å². The molecule has 5 nitrogen and oxygen atoms in total. The Bertz CT molecular complexity index is 801. The third kappa shape index (κ3) is 4.80. The minimum Gasteiger partial charge on any atom is -0.378 e. The summed E-state index contributed by atoms with van der Waals surface area (Å²) in [6.07, 6.45) is 1.66. The van der Waals surface area contributed by atoms with Crippen LogP contribution in [0.5, 0.6) is 0 Å². The molecule has 156 valence electrons. The van der Waals surface area contributed by atoms with Crippen molar-refractivity contribution < 1.29 is 4.79 Å². The summed E-state index contributed by atoms with van der Waals surface area (Å²) in [7, 11) is 8.10. The Morgan fingerprint density at radius 2 is 1.69 bits per heavy atom. The van der Waals surface area contributed by atoms with Crippen molar-refractivity contribution in [1.82, 2.24) is 15.1 Å². The van der Waals surface area contributed by atoms with Crippen LogP contribution in [0.4, 0.5) is 5.69 Å². The predicted molar refractivity (Wildman–Crippen MR) is 120 cm³/mol. The molecule has 1 aliphatic rings. The van der Waals surface area contributed by atoms with Gasteiger partial charge in [-0.2, -0.15) is 0 Å². The number of aryl methyl sites for hydroxylation is 1. The monoisotopic (exact) mass is 394 g/mol. The fraction of sp³-hybridized carbons (Fsp3) is 0.458.